The summed E-state index contributed by atoms with van der Waals surface area (Å²) >= 11 is 6.36. The number of ether oxygens (including phenoxy) is 3. The van der Waals surface area contributed by atoms with Gasteiger partial charge in [-0.1, -0.05) is 18.5 Å². The molecule has 2 rings (SSSR count). The highest BCUT2D eigenvalue weighted by Crippen LogP contribution is 2.38. The Morgan fingerprint density at radius 1 is 1.24 bits per heavy atom. The van der Waals surface area contributed by atoms with Gasteiger partial charge in [0.15, 0.2) is 0 Å². The molecule has 0 fully saturated rings. The van der Waals surface area contributed by atoms with Crippen LogP contribution in [-0.4, -0.2) is 24.8 Å². The largest absolute Gasteiger partial charge is 0.495 e. The van der Waals surface area contributed by atoms with E-state index in [1.807, 2.05) is 26.0 Å². The Bertz CT molecular complexity index is 630. The molecule has 0 N–H and O–H groups in total. The molecule has 0 amide bonds. The summed E-state index contributed by atoms with van der Waals surface area (Å²) in [6, 6.07) is 5.53. The van der Waals surface area contributed by atoms with Crippen LogP contribution in [0.1, 0.15) is 27.2 Å². The molecule has 0 saturated carbocycles. The van der Waals surface area contributed by atoms with Crippen LogP contribution in [0.3, 0.4) is 0 Å². The van der Waals surface area contributed by atoms with Gasteiger partial charge in [-0.2, -0.15) is 0 Å². The number of aromatic nitrogens is 1. The van der Waals surface area contributed by atoms with Crippen LogP contribution in [0.5, 0.6) is 17.4 Å². The Kier molecular flexibility index (Phi) is 5.12. The average molecular weight is 310 g/mol. The summed E-state index contributed by atoms with van der Waals surface area (Å²) in [5, 5.41) is 1.31. The van der Waals surface area contributed by atoms with Crippen molar-refractivity contribution in [3.05, 3.63) is 23.2 Å². The lowest BCUT2D eigenvalue weighted by Gasteiger charge is -2.16. The predicted molar refractivity (Wildman–Crippen MR) is 84.9 cm³/mol. The zero-order valence-electron chi connectivity index (χ0n) is 12.8. The molecular weight excluding hydrogens is 290 g/mol. The SMILES string of the molecule is CCOc1cc(OC(C)CC)c2ccc(OC)c(Cl)c2n1. The number of methoxy groups -OCH3 is 1. The number of benzene rings is 1. The van der Waals surface area contributed by atoms with Gasteiger partial charge in [-0.05, 0) is 32.4 Å². The van der Waals surface area contributed by atoms with Crippen molar-refractivity contribution in [2.24, 2.45) is 0 Å². The van der Waals surface area contributed by atoms with Crippen molar-refractivity contribution in [2.75, 3.05) is 13.7 Å². The first-order chi connectivity index (χ1) is 10.1. The van der Waals surface area contributed by atoms with E-state index in [0.717, 1.165) is 17.6 Å². The lowest BCUT2D eigenvalue weighted by atomic mass is 10.2. The first-order valence-corrected chi connectivity index (χ1v) is 7.45. The summed E-state index contributed by atoms with van der Waals surface area (Å²) in [4.78, 5) is 4.45. The molecule has 1 heterocycles. The molecule has 114 valence electrons. The molecule has 21 heavy (non-hydrogen) atoms. The van der Waals surface area contributed by atoms with Crippen molar-refractivity contribution in [3.8, 4) is 17.4 Å². The van der Waals surface area contributed by atoms with Crippen LogP contribution >= 0.6 is 11.6 Å². The van der Waals surface area contributed by atoms with Crippen LogP contribution in [0.4, 0.5) is 0 Å². The van der Waals surface area contributed by atoms with Crippen molar-refractivity contribution >= 4 is 22.5 Å². The normalized spacial score (nSPS) is 12.2. The minimum absolute atomic E-state index is 0.103. The molecule has 1 atom stereocenters. The number of nitrogens with zero attached hydrogens (tertiary/aromatic N) is 1. The van der Waals surface area contributed by atoms with Gasteiger partial charge in [0.2, 0.25) is 5.88 Å². The number of halogens is 1. The number of pyridine rings is 1. The van der Waals surface area contributed by atoms with E-state index in [0.29, 0.717) is 28.8 Å². The van der Waals surface area contributed by atoms with E-state index in [9.17, 15) is 0 Å². The lowest BCUT2D eigenvalue weighted by Crippen LogP contribution is -2.10. The second-order valence-electron chi connectivity index (χ2n) is 4.71. The summed E-state index contributed by atoms with van der Waals surface area (Å²) < 4.78 is 16.7. The van der Waals surface area contributed by atoms with Crippen LogP contribution in [0, 0.1) is 0 Å². The summed E-state index contributed by atoms with van der Waals surface area (Å²) in [5.41, 5.74) is 0.625. The van der Waals surface area contributed by atoms with Gasteiger partial charge in [0, 0.05) is 11.5 Å². The van der Waals surface area contributed by atoms with Crippen LogP contribution in [0.25, 0.3) is 10.9 Å². The molecule has 0 saturated heterocycles. The molecule has 0 aliphatic heterocycles. The maximum atomic E-state index is 6.36. The van der Waals surface area contributed by atoms with Crippen LogP contribution in [0.15, 0.2) is 18.2 Å². The highest BCUT2D eigenvalue weighted by atomic mass is 35.5. The number of hydrogen-bond acceptors (Lipinski definition) is 4. The van der Waals surface area contributed by atoms with Crippen molar-refractivity contribution in [1.82, 2.24) is 4.98 Å². The molecule has 4 nitrogen and oxygen atoms in total. The van der Waals surface area contributed by atoms with Crippen molar-refractivity contribution in [2.45, 2.75) is 33.3 Å². The Balaban J connectivity index is 2.61. The first kappa shape index (κ1) is 15.7. The van der Waals surface area contributed by atoms with Crippen molar-refractivity contribution in [3.63, 3.8) is 0 Å². The Hall–Kier alpha value is -1.68. The van der Waals surface area contributed by atoms with E-state index in [1.165, 1.54) is 0 Å². The third-order valence-electron chi connectivity index (χ3n) is 3.24. The van der Waals surface area contributed by atoms with Gasteiger partial charge >= 0.3 is 0 Å². The average Bonchev–Trinajstić information content (AvgIpc) is 2.48. The van der Waals surface area contributed by atoms with E-state index < -0.39 is 0 Å². The van der Waals surface area contributed by atoms with Crippen LogP contribution in [0.2, 0.25) is 5.02 Å². The molecule has 1 unspecified atom stereocenters. The quantitative estimate of drug-likeness (QED) is 0.789. The van der Waals surface area contributed by atoms with E-state index >= 15 is 0 Å². The fourth-order valence-corrected chi connectivity index (χ4v) is 2.25. The summed E-state index contributed by atoms with van der Waals surface area (Å²) in [6.45, 7) is 6.54. The van der Waals surface area contributed by atoms with Gasteiger partial charge in [-0.25, -0.2) is 4.98 Å². The number of hydrogen-bond donors (Lipinski definition) is 0. The van der Waals surface area contributed by atoms with E-state index in [-0.39, 0.29) is 6.10 Å². The zero-order valence-corrected chi connectivity index (χ0v) is 13.5. The maximum Gasteiger partial charge on any atom is 0.217 e. The molecular formula is C16H20ClNO3. The third-order valence-corrected chi connectivity index (χ3v) is 3.60. The van der Waals surface area contributed by atoms with Gasteiger partial charge in [0.25, 0.3) is 0 Å². The predicted octanol–water partition coefficient (Wildman–Crippen LogP) is 4.47. The lowest BCUT2D eigenvalue weighted by molar-refractivity contribution is 0.218. The Morgan fingerprint density at radius 2 is 2.00 bits per heavy atom. The van der Waals surface area contributed by atoms with Crippen molar-refractivity contribution in [1.29, 1.82) is 0 Å². The first-order valence-electron chi connectivity index (χ1n) is 7.07. The fraction of sp³-hybridized carbons (Fsp3) is 0.438. The topological polar surface area (TPSA) is 40.6 Å². The van der Waals surface area contributed by atoms with Gasteiger partial charge < -0.3 is 14.2 Å². The third kappa shape index (κ3) is 3.32. The molecule has 0 radical (unpaired) electrons. The molecule has 0 aliphatic carbocycles. The monoisotopic (exact) mass is 309 g/mol. The molecule has 5 heteroatoms. The minimum atomic E-state index is 0.103. The Morgan fingerprint density at radius 3 is 2.62 bits per heavy atom. The summed E-state index contributed by atoms with van der Waals surface area (Å²) in [6.07, 6.45) is 1.02. The van der Waals surface area contributed by atoms with E-state index in [1.54, 1.807) is 13.2 Å². The molecule has 2 aromatic rings. The summed E-state index contributed by atoms with van der Waals surface area (Å²) in [5.74, 6) is 1.81. The molecule has 0 aliphatic rings. The van der Waals surface area contributed by atoms with Crippen LogP contribution < -0.4 is 14.2 Å². The highest BCUT2D eigenvalue weighted by molar-refractivity contribution is 6.36. The number of rotatable bonds is 6. The fourth-order valence-electron chi connectivity index (χ4n) is 1.96. The van der Waals surface area contributed by atoms with Crippen molar-refractivity contribution < 1.29 is 14.2 Å². The number of fused-ring (bicyclic) bond motifs is 1. The molecule has 0 spiro atoms. The second-order valence-corrected chi connectivity index (χ2v) is 5.08. The zero-order chi connectivity index (χ0) is 15.4. The van der Waals surface area contributed by atoms with Gasteiger partial charge in [-0.15, -0.1) is 0 Å². The van der Waals surface area contributed by atoms with Gasteiger partial charge in [0.05, 0.1) is 19.8 Å². The van der Waals surface area contributed by atoms with Crippen LogP contribution in [-0.2, 0) is 0 Å². The molecule has 1 aromatic heterocycles. The minimum Gasteiger partial charge on any atom is -0.495 e. The summed E-state index contributed by atoms with van der Waals surface area (Å²) in [7, 11) is 1.58. The highest BCUT2D eigenvalue weighted by Gasteiger charge is 2.15. The molecule has 1 aromatic carbocycles. The second kappa shape index (κ2) is 6.85. The Labute approximate surface area is 130 Å². The maximum absolute atomic E-state index is 6.36. The molecule has 0 bridgehead atoms. The van der Waals surface area contributed by atoms with E-state index in [2.05, 4.69) is 11.9 Å². The van der Waals surface area contributed by atoms with Gasteiger partial charge in [-0.3, -0.25) is 0 Å². The van der Waals surface area contributed by atoms with E-state index in [4.69, 9.17) is 25.8 Å². The standard InChI is InChI=1S/C16H20ClNO3/c1-5-10(3)21-13-9-14(20-6-2)18-16-11(13)7-8-12(19-4)15(16)17/h7-10H,5-6H2,1-4H3. The smallest absolute Gasteiger partial charge is 0.217 e. The van der Waals surface area contributed by atoms with Gasteiger partial charge in [0.1, 0.15) is 22.0 Å².